The van der Waals surface area contributed by atoms with Crippen molar-refractivity contribution < 1.29 is 9.18 Å². The molecule has 1 fully saturated rings. The lowest BCUT2D eigenvalue weighted by molar-refractivity contribution is -0.125. The van der Waals surface area contributed by atoms with Crippen LogP contribution in [-0.4, -0.2) is 35.2 Å². The van der Waals surface area contributed by atoms with Crippen LogP contribution in [-0.2, 0) is 11.3 Å². The number of benzene rings is 2. The molecule has 0 radical (unpaired) electrons. The van der Waals surface area contributed by atoms with Gasteiger partial charge in [0.15, 0.2) is 0 Å². The Labute approximate surface area is 219 Å². The second-order valence-corrected chi connectivity index (χ2v) is 10.3. The van der Waals surface area contributed by atoms with Gasteiger partial charge in [0, 0.05) is 36.5 Å². The second-order valence-electron chi connectivity index (χ2n) is 9.31. The summed E-state index contributed by atoms with van der Waals surface area (Å²) >= 11 is 1.72. The normalized spacial score (nSPS) is 16.3. The van der Waals surface area contributed by atoms with E-state index in [0.717, 1.165) is 24.9 Å². The van der Waals surface area contributed by atoms with Crippen LogP contribution in [0.25, 0.3) is 10.1 Å². The Morgan fingerprint density at radius 2 is 2.11 bits per heavy atom. The zero-order valence-electron chi connectivity index (χ0n) is 20.7. The first-order valence-corrected chi connectivity index (χ1v) is 13.3. The van der Waals surface area contributed by atoms with E-state index in [9.17, 15) is 9.18 Å². The first-order chi connectivity index (χ1) is 18.0. The summed E-state index contributed by atoms with van der Waals surface area (Å²) in [6.45, 7) is 3.64. The minimum Gasteiger partial charge on any atom is -0.383 e. The van der Waals surface area contributed by atoms with E-state index in [1.54, 1.807) is 36.6 Å². The van der Waals surface area contributed by atoms with Crippen molar-refractivity contribution in [2.45, 2.75) is 32.7 Å². The van der Waals surface area contributed by atoms with Crippen molar-refractivity contribution in [1.29, 1.82) is 0 Å². The Kier molecular flexibility index (Phi) is 7.41. The molecule has 37 heavy (non-hydrogen) atoms. The fourth-order valence-corrected chi connectivity index (χ4v) is 5.38. The van der Waals surface area contributed by atoms with Gasteiger partial charge in [-0.2, -0.15) is 0 Å². The van der Waals surface area contributed by atoms with E-state index in [0.29, 0.717) is 48.0 Å². The summed E-state index contributed by atoms with van der Waals surface area (Å²) in [4.78, 5) is 28.1. The topological polar surface area (TPSA) is 96.5 Å². The number of hydrogen-bond donors (Lipinski definition) is 2. The zero-order chi connectivity index (χ0) is 25.8. The van der Waals surface area contributed by atoms with E-state index in [1.807, 2.05) is 0 Å². The van der Waals surface area contributed by atoms with Crippen molar-refractivity contribution >= 4 is 50.9 Å². The molecule has 1 amide bonds. The number of aromatic nitrogens is 2. The van der Waals surface area contributed by atoms with E-state index in [2.05, 4.69) is 54.8 Å². The van der Waals surface area contributed by atoms with Gasteiger partial charge in [-0.05, 0) is 78.4 Å². The quantitative estimate of drug-likeness (QED) is 0.335. The average molecular weight is 517 g/mol. The number of nitrogens with two attached hydrogens (primary N) is 1. The molecule has 1 unspecified atom stereocenters. The minimum atomic E-state index is -0.309. The van der Waals surface area contributed by atoms with Crippen LogP contribution in [0.3, 0.4) is 0 Å². The maximum Gasteiger partial charge on any atom is 0.223 e. The van der Waals surface area contributed by atoms with Crippen molar-refractivity contribution in [1.82, 2.24) is 15.3 Å². The number of halogens is 1. The number of aryl methyl sites for hydroxylation is 1. The van der Waals surface area contributed by atoms with Gasteiger partial charge in [-0.1, -0.05) is 12.1 Å². The summed E-state index contributed by atoms with van der Waals surface area (Å²) in [6, 6.07) is 13.2. The Morgan fingerprint density at radius 1 is 1.22 bits per heavy atom. The monoisotopic (exact) mass is 516 g/mol. The van der Waals surface area contributed by atoms with Crippen molar-refractivity contribution in [2.75, 3.05) is 23.7 Å². The van der Waals surface area contributed by atoms with Crippen LogP contribution in [0.1, 0.15) is 36.0 Å². The number of nitrogens with one attached hydrogen (secondary N) is 1. The molecule has 4 aromatic rings. The predicted octanol–water partition coefficient (Wildman–Crippen LogP) is 5.39. The zero-order valence-corrected chi connectivity index (χ0v) is 21.5. The average Bonchev–Trinajstić information content (AvgIpc) is 3.23. The number of nitrogen functional groups attached to an aromatic ring is 1. The van der Waals surface area contributed by atoms with Crippen LogP contribution in [0.5, 0.6) is 0 Å². The molecule has 3 N–H and O–H groups in total. The Morgan fingerprint density at radius 3 is 2.97 bits per heavy atom. The molecule has 0 aliphatic carbocycles. The number of thiophene rings is 1. The van der Waals surface area contributed by atoms with Crippen LogP contribution >= 0.6 is 11.3 Å². The van der Waals surface area contributed by atoms with Crippen molar-refractivity contribution in [3.8, 4) is 0 Å². The molecule has 1 aliphatic heterocycles. The molecule has 2 aromatic heterocycles. The standard InChI is InChI=1S/C28H29FN6OS/c1-18-4-6-22(14-24(18)29)31-16-23-26(30)33-17-34-27(23)35-10-2-3-20(8-11-35)28(36)32-15-19-5-7-25-21(13-19)9-12-37-25/h4-7,9,12-14,16-17,20H,2-3,8,10-11,15H2,1H3,(H,32,36)(H2,30,33,34). The lowest BCUT2D eigenvalue weighted by Gasteiger charge is -2.23. The van der Waals surface area contributed by atoms with Crippen LogP contribution in [0.15, 0.2) is 59.2 Å². The van der Waals surface area contributed by atoms with Crippen LogP contribution < -0.4 is 16.0 Å². The molecule has 5 rings (SSSR count). The number of carbonyl (C=O) groups is 1. The number of hydrogen-bond acceptors (Lipinski definition) is 7. The lowest BCUT2D eigenvalue weighted by Crippen LogP contribution is -2.31. The lowest BCUT2D eigenvalue weighted by atomic mass is 9.99. The van der Waals surface area contributed by atoms with Crippen molar-refractivity contribution in [3.05, 3.63) is 76.7 Å². The van der Waals surface area contributed by atoms with Gasteiger partial charge < -0.3 is 16.0 Å². The Balaban J connectivity index is 1.24. The third kappa shape index (κ3) is 5.77. The summed E-state index contributed by atoms with van der Waals surface area (Å²) in [7, 11) is 0. The predicted molar refractivity (Wildman–Crippen MR) is 148 cm³/mol. The van der Waals surface area contributed by atoms with Gasteiger partial charge >= 0.3 is 0 Å². The number of fused-ring (bicyclic) bond motifs is 1. The molecule has 190 valence electrons. The van der Waals surface area contributed by atoms with E-state index in [4.69, 9.17) is 5.73 Å². The smallest absolute Gasteiger partial charge is 0.223 e. The van der Waals surface area contributed by atoms with E-state index < -0.39 is 0 Å². The van der Waals surface area contributed by atoms with Crippen LogP contribution in [0.4, 0.5) is 21.7 Å². The maximum atomic E-state index is 13.9. The fraction of sp³-hybridized carbons (Fsp3) is 0.286. The molecule has 9 heteroatoms. The minimum absolute atomic E-state index is 0.0679. The first-order valence-electron chi connectivity index (χ1n) is 12.4. The van der Waals surface area contributed by atoms with Gasteiger partial charge in [-0.25, -0.2) is 14.4 Å². The van der Waals surface area contributed by atoms with E-state index in [-0.39, 0.29) is 17.6 Å². The highest BCUT2D eigenvalue weighted by Gasteiger charge is 2.25. The molecule has 1 aliphatic rings. The Bertz CT molecular complexity index is 1450. The third-order valence-electron chi connectivity index (χ3n) is 6.77. The highest BCUT2D eigenvalue weighted by atomic mass is 32.1. The molecule has 0 spiro atoms. The molecule has 0 bridgehead atoms. The molecular weight excluding hydrogens is 487 g/mol. The summed E-state index contributed by atoms with van der Waals surface area (Å²) in [6.07, 6.45) is 5.39. The number of aliphatic imine (C=N–C) groups is 1. The van der Waals surface area contributed by atoms with Gasteiger partial charge in [0.05, 0.1) is 11.3 Å². The summed E-state index contributed by atoms with van der Waals surface area (Å²) < 4.78 is 15.2. The Hall–Kier alpha value is -3.85. The van der Waals surface area contributed by atoms with Gasteiger partial charge in [-0.15, -0.1) is 11.3 Å². The number of rotatable bonds is 6. The number of carbonyl (C=O) groups excluding carboxylic acids is 1. The fourth-order valence-electron chi connectivity index (χ4n) is 4.61. The van der Waals surface area contributed by atoms with Gasteiger partial charge in [0.25, 0.3) is 0 Å². The van der Waals surface area contributed by atoms with Gasteiger partial charge in [0.2, 0.25) is 5.91 Å². The molecule has 3 heterocycles. The van der Waals surface area contributed by atoms with Crippen LogP contribution in [0.2, 0.25) is 0 Å². The SMILES string of the molecule is Cc1ccc(N=Cc2c(N)ncnc2N2CCCC(C(=O)NCc3ccc4sccc4c3)CC2)cc1F. The van der Waals surface area contributed by atoms with Gasteiger partial charge in [-0.3, -0.25) is 9.79 Å². The molecule has 0 saturated carbocycles. The number of anilines is 2. The number of amides is 1. The largest absolute Gasteiger partial charge is 0.383 e. The van der Waals surface area contributed by atoms with E-state index in [1.165, 1.54) is 22.5 Å². The molecule has 1 saturated heterocycles. The summed E-state index contributed by atoms with van der Waals surface area (Å²) in [5.74, 6) is 0.687. The van der Waals surface area contributed by atoms with E-state index >= 15 is 0 Å². The first kappa shape index (κ1) is 24.8. The van der Waals surface area contributed by atoms with Gasteiger partial charge in [0.1, 0.15) is 23.8 Å². The summed E-state index contributed by atoms with van der Waals surface area (Å²) in [5, 5.41) is 6.41. The maximum absolute atomic E-state index is 13.9. The second kappa shape index (κ2) is 11.0. The number of nitrogens with zero attached hydrogens (tertiary/aromatic N) is 4. The molecule has 1 atom stereocenters. The highest BCUT2D eigenvalue weighted by molar-refractivity contribution is 7.17. The highest BCUT2D eigenvalue weighted by Crippen LogP contribution is 2.27. The molecule has 7 nitrogen and oxygen atoms in total. The summed E-state index contributed by atoms with van der Waals surface area (Å²) in [5.41, 5.74) is 8.92. The third-order valence-corrected chi connectivity index (χ3v) is 7.67. The molecule has 2 aromatic carbocycles. The molecular formula is C28H29FN6OS. The van der Waals surface area contributed by atoms with Crippen molar-refractivity contribution in [3.63, 3.8) is 0 Å². The van der Waals surface area contributed by atoms with Crippen LogP contribution in [0, 0.1) is 18.7 Å². The van der Waals surface area contributed by atoms with Crippen molar-refractivity contribution in [2.24, 2.45) is 10.9 Å².